The summed E-state index contributed by atoms with van der Waals surface area (Å²) < 4.78 is -1.87. The Kier molecular flexibility index (Phi) is 7.74. The molecule has 4 N–H and O–H groups in total. The van der Waals surface area contributed by atoms with Gasteiger partial charge in [0, 0.05) is 6.08 Å². The standard InChI is InChI=1S/C18H16Cl3N3O2S/c19-18(20,21)16(23-15(26)11-10-12-6-2-1-3-7-12)24-17(27)22-13-8-4-5-9-14(13)25/h1-11,16,25H,(H,23,26)(H2,22,24,27)/b11-10+/t16-/m1/s1. The summed E-state index contributed by atoms with van der Waals surface area (Å²) in [5, 5.41) is 17.8. The minimum Gasteiger partial charge on any atom is -0.506 e. The number of thiocarbonyl (C=S) groups is 1. The Balaban J connectivity index is 2.00. The Morgan fingerprint density at radius 2 is 1.67 bits per heavy atom. The van der Waals surface area contributed by atoms with Crippen molar-refractivity contribution in [3.63, 3.8) is 0 Å². The van der Waals surface area contributed by atoms with Gasteiger partial charge in [-0.05, 0) is 36.0 Å². The molecular weight excluding hydrogens is 429 g/mol. The molecule has 2 aromatic carbocycles. The van der Waals surface area contributed by atoms with E-state index in [1.807, 2.05) is 30.3 Å². The quantitative estimate of drug-likeness (QED) is 0.183. The van der Waals surface area contributed by atoms with Crippen molar-refractivity contribution in [3.05, 3.63) is 66.2 Å². The van der Waals surface area contributed by atoms with Gasteiger partial charge in [-0.1, -0.05) is 77.3 Å². The maximum atomic E-state index is 12.1. The van der Waals surface area contributed by atoms with Gasteiger partial charge >= 0.3 is 0 Å². The molecule has 142 valence electrons. The zero-order valence-corrected chi connectivity index (χ0v) is 16.9. The lowest BCUT2D eigenvalue weighted by Gasteiger charge is -2.27. The van der Waals surface area contributed by atoms with Crippen molar-refractivity contribution in [2.75, 3.05) is 5.32 Å². The minimum atomic E-state index is -1.87. The zero-order chi connectivity index (χ0) is 19.9. The smallest absolute Gasteiger partial charge is 0.245 e. The van der Waals surface area contributed by atoms with Crippen molar-refractivity contribution in [2.45, 2.75) is 9.96 Å². The summed E-state index contributed by atoms with van der Waals surface area (Å²) in [6.45, 7) is 0. The monoisotopic (exact) mass is 443 g/mol. The maximum Gasteiger partial charge on any atom is 0.245 e. The molecule has 5 nitrogen and oxygen atoms in total. The summed E-state index contributed by atoms with van der Waals surface area (Å²) >= 11 is 23.0. The first kappa shape index (κ1) is 21.3. The third-order valence-corrected chi connectivity index (χ3v) is 4.14. The Bertz CT molecular complexity index is 826. The van der Waals surface area contributed by atoms with E-state index >= 15 is 0 Å². The Morgan fingerprint density at radius 1 is 1.04 bits per heavy atom. The van der Waals surface area contributed by atoms with Crippen molar-refractivity contribution < 1.29 is 9.90 Å². The highest BCUT2D eigenvalue weighted by molar-refractivity contribution is 7.80. The van der Waals surface area contributed by atoms with Crippen LogP contribution in [0.3, 0.4) is 0 Å². The largest absolute Gasteiger partial charge is 0.506 e. The second kappa shape index (κ2) is 9.80. The summed E-state index contributed by atoms with van der Waals surface area (Å²) in [4.78, 5) is 12.1. The number of phenolic OH excluding ortho intramolecular Hbond substituents is 1. The molecule has 0 saturated carbocycles. The van der Waals surface area contributed by atoms with Crippen molar-refractivity contribution in [3.8, 4) is 5.75 Å². The van der Waals surface area contributed by atoms with Gasteiger partial charge in [0.2, 0.25) is 9.70 Å². The highest BCUT2D eigenvalue weighted by Gasteiger charge is 2.34. The van der Waals surface area contributed by atoms with E-state index in [2.05, 4.69) is 16.0 Å². The van der Waals surface area contributed by atoms with Crippen LogP contribution >= 0.6 is 47.0 Å². The lowest BCUT2D eigenvalue weighted by Crippen LogP contribution is -2.55. The van der Waals surface area contributed by atoms with E-state index in [1.54, 1.807) is 24.3 Å². The summed E-state index contributed by atoms with van der Waals surface area (Å²) in [5.41, 5.74) is 1.22. The molecule has 0 unspecified atom stereocenters. The predicted molar refractivity (Wildman–Crippen MR) is 115 cm³/mol. The molecule has 2 aromatic rings. The number of carbonyl (C=O) groups is 1. The molecular formula is C18H16Cl3N3O2S. The number of carbonyl (C=O) groups excluding carboxylic acids is 1. The number of anilines is 1. The summed E-state index contributed by atoms with van der Waals surface area (Å²) in [6, 6.07) is 15.8. The molecule has 0 aliphatic carbocycles. The minimum absolute atomic E-state index is 0.00177. The zero-order valence-electron chi connectivity index (χ0n) is 13.8. The van der Waals surface area contributed by atoms with Crippen LogP contribution in [0, 0.1) is 0 Å². The van der Waals surface area contributed by atoms with Crippen LogP contribution in [-0.2, 0) is 4.79 Å². The van der Waals surface area contributed by atoms with Crippen LogP contribution in [0.2, 0.25) is 0 Å². The Morgan fingerprint density at radius 3 is 2.30 bits per heavy atom. The highest BCUT2D eigenvalue weighted by atomic mass is 35.6. The summed E-state index contributed by atoms with van der Waals surface area (Å²) in [5.74, 6) is -0.477. The Hall–Kier alpha value is -1.99. The van der Waals surface area contributed by atoms with Crippen LogP contribution in [-0.4, -0.2) is 26.1 Å². The molecule has 0 spiro atoms. The number of hydrogen-bond acceptors (Lipinski definition) is 3. The van der Waals surface area contributed by atoms with Gasteiger partial charge in [0.25, 0.3) is 0 Å². The highest BCUT2D eigenvalue weighted by Crippen LogP contribution is 2.29. The number of nitrogens with one attached hydrogen (secondary N) is 3. The average Bonchev–Trinajstić information content (AvgIpc) is 2.61. The Labute approximate surface area is 177 Å². The number of para-hydroxylation sites is 2. The average molecular weight is 445 g/mol. The third kappa shape index (κ3) is 7.27. The van der Waals surface area contributed by atoms with Crippen LogP contribution < -0.4 is 16.0 Å². The van der Waals surface area contributed by atoms with Crippen molar-refractivity contribution in [1.82, 2.24) is 10.6 Å². The second-order valence-corrected chi connectivity index (χ2v) is 8.12. The number of phenols is 1. The van der Waals surface area contributed by atoms with Crippen molar-refractivity contribution in [2.24, 2.45) is 0 Å². The first-order chi connectivity index (χ1) is 12.8. The molecule has 0 bridgehead atoms. The molecule has 0 radical (unpaired) electrons. The number of aromatic hydroxyl groups is 1. The molecule has 1 atom stereocenters. The lowest BCUT2D eigenvalue weighted by molar-refractivity contribution is -0.117. The van der Waals surface area contributed by atoms with Crippen LogP contribution in [0.25, 0.3) is 6.08 Å². The van der Waals surface area contributed by atoms with E-state index < -0.39 is 15.9 Å². The third-order valence-electron chi connectivity index (χ3n) is 3.27. The fourth-order valence-corrected chi connectivity index (χ4v) is 2.55. The van der Waals surface area contributed by atoms with E-state index in [4.69, 9.17) is 47.0 Å². The SMILES string of the molecule is O=C(/C=C/c1ccccc1)N[C@H](NC(=S)Nc1ccccc1O)C(Cl)(Cl)Cl. The maximum absolute atomic E-state index is 12.1. The molecule has 27 heavy (non-hydrogen) atoms. The molecule has 9 heteroatoms. The number of rotatable bonds is 5. The number of alkyl halides is 3. The van der Waals surface area contributed by atoms with Gasteiger partial charge in [-0.25, -0.2) is 0 Å². The topological polar surface area (TPSA) is 73.4 Å². The van der Waals surface area contributed by atoms with Crippen LogP contribution in [0.1, 0.15) is 5.56 Å². The predicted octanol–water partition coefficient (Wildman–Crippen LogP) is 4.20. The normalized spacial score (nSPS) is 12.4. The molecule has 0 fully saturated rings. The van der Waals surface area contributed by atoms with Crippen LogP contribution in [0.15, 0.2) is 60.7 Å². The molecule has 0 aromatic heterocycles. The van der Waals surface area contributed by atoms with Gasteiger partial charge < -0.3 is 21.1 Å². The summed E-state index contributed by atoms with van der Waals surface area (Å²) in [7, 11) is 0. The second-order valence-electron chi connectivity index (χ2n) is 5.34. The van der Waals surface area contributed by atoms with E-state index in [-0.39, 0.29) is 10.9 Å². The van der Waals surface area contributed by atoms with E-state index in [1.165, 1.54) is 12.1 Å². The lowest BCUT2D eigenvalue weighted by atomic mass is 10.2. The number of amides is 1. The van der Waals surface area contributed by atoms with Gasteiger partial charge in [-0.3, -0.25) is 4.79 Å². The molecule has 1 amide bonds. The van der Waals surface area contributed by atoms with Crippen molar-refractivity contribution in [1.29, 1.82) is 0 Å². The fourth-order valence-electron chi connectivity index (χ4n) is 2.00. The number of hydrogen-bond donors (Lipinski definition) is 4. The van der Waals surface area contributed by atoms with Gasteiger partial charge in [-0.2, -0.15) is 0 Å². The van der Waals surface area contributed by atoms with E-state index in [9.17, 15) is 9.90 Å². The first-order valence-electron chi connectivity index (χ1n) is 7.71. The first-order valence-corrected chi connectivity index (χ1v) is 9.26. The van der Waals surface area contributed by atoms with Gasteiger partial charge in [0.05, 0.1) is 5.69 Å². The van der Waals surface area contributed by atoms with Crippen LogP contribution in [0.5, 0.6) is 5.75 Å². The van der Waals surface area contributed by atoms with E-state index in [0.717, 1.165) is 5.56 Å². The van der Waals surface area contributed by atoms with Gasteiger partial charge in [0.15, 0.2) is 5.11 Å². The number of benzene rings is 2. The molecule has 0 heterocycles. The molecule has 0 saturated heterocycles. The molecule has 0 aliphatic heterocycles. The van der Waals surface area contributed by atoms with Crippen LogP contribution in [0.4, 0.5) is 5.69 Å². The van der Waals surface area contributed by atoms with Gasteiger partial charge in [-0.15, -0.1) is 0 Å². The molecule has 2 rings (SSSR count). The number of halogens is 3. The van der Waals surface area contributed by atoms with Crippen molar-refractivity contribution >= 4 is 69.8 Å². The molecule has 0 aliphatic rings. The summed E-state index contributed by atoms with van der Waals surface area (Å²) in [6.07, 6.45) is 1.84. The van der Waals surface area contributed by atoms with Gasteiger partial charge in [0.1, 0.15) is 11.9 Å². The van der Waals surface area contributed by atoms with E-state index in [0.29, 0.717) is 5.69 Å². The fraction of sp³-hybridized carbons (Fsp3) is 0.111.